The number of primary amides is 1. The van der Waals surface area contributed by atoms with Gasteiger partial charge in [-0.15, -0.1) is 0 Å². The van der Waals surface area contributed by atoms with E-state index in [2.05, 4.69) is 20.8 Å². The van der Waals surface area contributed by atoms with E-state index < -0.39 is 18.3 Å². The molecule has 2 saturated heterocycles. The molecule has 5 saturated carbocycles. The molecule has 2 amide bonds. The lowest BCUT2D eigenvalue weighted by Gasteiger charge is -2.59. The van der Waals surface area contributed by atoms with Gasteiger partial charge < -0.3 is 30.0 Å². The first-order valence-electron chi connectivity index (χ1n) is 16.6. The molecule has 7 aliphatic rings. The monoisotopic (exact) mass is 572 g/mol. The van der Waals surface area contributed by atoms with Crippen molar-refractivity contribution < 1.29 is 28.9 Å². The molecule has 2 aliphatic heterocycles. The highest BCUT2D eigenvalue weighted by Gasteiger charge is 2.82. The van der Waals surface area contributed by atoms with Crippen LogP contribution in [0.15, 0.2) is 0 Å². The fraction of sp³-hybridized carbons (Fsp3) is 0.939. The molecule has 8 nitrogen and oxygen atoms in total. The normalized spacial score (nSPS) is 49.8. The highest BCUT2D eigenvalue weighted by molar-refractivity contribution is 5.68. The number of amides is 2. The molecule has 0 aromatic rings. The van der Waals surface area contributed by atoms with Crippen LogP contribution in [0.2, 0.25) is 0 Å². The SMILES string of the molecule is CC(C)C(OC(N)=O)C1CC[C@H]2C(O1)[C@H](O)C1C3CC[C@H]4C(C)(C)C(OC(=O)N5CCC5)CCC45CC35CCC12C. The molecule has 41 heavy (non-hydrogen) atoms. The summed E-state index contributed by atoms with van der Waals surface area (Å²) >= 11 is 0. The molecule has 0 radical (unpaired) electrons. The Morgan fingerprint density at radius 2 is 1.71 bits per heavy atom. The Balaban J connectivity index is 1.11. The second-order valence-electron chi connectivity index (χ2n) is 16.3. The number of hydrogen-bond acceptors (Lipinski definition) is 6. The number of carbonyl (C=O) groups is 2. The fourth-order valence-corrected chi connectivity index (χ4v) is 12.2. The zero-order valence-electron chi connectivity index (χ0n) is 25.8. The molecule has 8 heteroatoms. The van der Waals surface area contributed by atoms with Crippen molar-refractivity contribution in [2.45, 2.75) is 129 Å². The minimum absolute atomic E-state index is 0.0175. The standard InChI is InChI=1S/C33H52N2O6/c1-18(2)26(41-28(34)37)21-9-7-20-27(39-21)25(36)24-19-8-10-22-30(3,4)23(40-29(38)35-15-6-16-35)11-12-33(22)17-32(19,33)14-13-31(20,24)5/h18-27,36H,6-17H2,1-5H3,(H2,34,37)/t19?,20-,21?,22-,23?,24?,25+,26?,27?,31?,32?,33?/m0/s1. The predicted molar refractivity (Wildman–Crippen MR) is 153 cm³/mol. The van der Waals surface area contributed by atoms with Crippen molar-refractivity contribution in [2.24, 2.45) is 57.0 Å². The van der Waals surface area contributed by atoms with Crippen LogP contribution in [0.25, 0.3) is 0 Å². The van der Waals surface area contributed by atoms with E-state index in [0.717, 1.165) is 64.5 Å². The number of fused-ring (bicyclic) bond motifs is 4. The van der Waals surface area contributed by atoms with Gasteiger partial charge >= 0.3 is 12.2 Å². The first-order chi connectivity index (χ1) is 19.4. The second-order valence-corrected chi connectivity index (χ2v) is 16.3. The van der Waals surface area contributed by atoms with Crippen LogP contribution in [0.1, 0.15) is 98.8 Å². The van der Waals surface area contributed by atoms with Gasteiger partial charge in [-0.3, -0.25) is 0 Å². The maximum Gasteiger partial charge on any atom is 0.410 e. The van der Waals surface area contributed by atoms with E-state index >= 15 is 0 Å². The quantitative estimate of drug-likeness (QED) is 0.461. The fourth-order valence-electron chi connectivity index (χ4n) is 12.2. The largest absolute Gasteiger partial charge is 0.446 e. The van der Waals surface area contributed by atoms with Gasteiger partial charge in [0, 0.05) is 18.5 Å². The van der Waals surface area contributed by atoms with Crippen LogP contribution in [0, 0.1) is 51.2 Å². The molecule has 230 valence electrons. The highest BCUT2D eigenvalue weighted by atomic mass is 16.6. The molecule has 7 rings (SSSR count). The molecule has 9 unspecified atom stereocenters. The predicted octanol–water partition coefficient (Wildman–Crippen LogP) is 5.49. The summed E-state index contributed by atoms with van der Waals surface area (Å²) in [4.78, 5) is 26.3. The highest BCUT2D eigenvalue weighted by Crippen LogP contribution is 2.87. The van der Waals surface area contributed by atoms with Crippen LogP contribution in [-0.2, 0) is 14.2 Å². The lowest BCUT2D eigenvalue weighted by molar-refractivity contribution is -0.162. The first-order valence-corrected chi connectivity index (χ1v) is 16.6. The zero-order chi connectivity index (χ0) is 29.1. The van der Waals surface area contributed by atoms with Gasteiger partial charge in [0.05, 0.1) is 18.3 Å². The van der Waals surface area contributed by atoms with Crippen LogP contribution in [0.3, 0.4) is 0 Å². The van der Waals surface area contributed by atoms with E-state index in [9.17, 15) is 14.7 Å². The van der Waals surface area contributed by atoms with Crippen molar-refractivity contribution in [3.63, 3.8) is 0 Å². The Hall–Kier alpha value is -1.54. The van der Waals surface area contributed by atoms with Gasteiger partial charge in [0.15, 0.2) is 0 Å². The lowest BCUT2D eigenvalue weighted by atomic mass is 9.46. The minimum Gasteiger partial charge on any atom is -0.446 e. The summed E-state index contributed by atoms with van der Waals surface area (Å²) in [5, 5.41) is 12.1. The van der Waals surface area contributed by atoms with E-state index in [1.165, 1.54) is 12.8 Å². The van der Waals surface area contributed by atoms with E-state index in [1.807, 2.05) is 18.7 Å². The van der Waals surface area contributed by atoms with Crippen LogP contribution in [-0.4, -0.2) is 65.8 Å². The van der Waals surface area contributed by atoms with Crippen molar-refractivity contribution in [3.05, 3.63) is 0 Å². The summed E-state index contributed by atoms with van der Waals surface area (Å²) in [6.07, 6.45) is 8.74. The van der Waals surface area contributed by atoms with E-state index in [0.29, 0.717) is 28.6 Å². The van der Waals surface area contributed by atoms with E-state index in [4.69, 9.17) is 19.9 Å². The van der Waals surface area contributed by atoms with E-state index in [-0.39, 0.29) is 47.1 Å². The second kappa shape index (κ2) is 9.23. The van der Waals surface area contributed by atoms with Crippen LogP contribution >= 0.6 is 0 Å². The summed E-state index contributed by atoms with van der Waals surface area (Å²) in [6, 6.07) is 0. The zero-order valence-corrected chi connectivity index (χ0v) is 25.8. The van der Waals surface area contributed by atoms with Crippen LogP contribution in [0.4, 0.5) is 9.59 Å². The average molecular weight is 573 g/mol. The molecular formula is C33H52N2O6. The van der Waals surface area contributed by atoms with Crippen molar-refractivity contribution in [1.82, 2.24) is 4.90 Å². The number of ether oxygens (including phenoxy) is 3. The number of aliphatic hydroxyl groups excluding tert-OH is 1. The molecule has 5 aliphatic carbocycles. The molecule has 0 bridgehead atoms. The van der Waals surface area contributed by atoms with Crippen molar-refractivity contribution in [2.75, 3.05) is 13.1 Å². The van der Waals surface area contributed by atoms with Crippen LogP contribution in [0.5, 0.6) is 0 Å². The number of carbonyl (C=O) groups excluding carboxylic acids is 2. The topological polar surface area (TPSA) is 111 Å². The molecule has 2 spiro atoms. The lowest BCUT2D eigenvalue weighted by Crippen LogP contribution is -2.56. The maximum absolute atomic E-state index is 12.8. The Morgan fingerprint density at radius 3 is 2.37 bits per heavy atom. The number of nitrogens with zero attached hydrogens (tertiary/aromatic N) is 1. The van der Waals surface area contributed by atoms with Gasteiger partial charge in [-0.25, -0.2) is 9.59 Å². The minimum atomic E-state index is -0.757. The summed E-state index contributed by atoms with van der Waals surface area (Å²) in [5.74, 6) is 1.73. The van der Waals surface area contributed by atoms with Gasteiger partial charge in [-0.1, -0.05) is 34.6 Å². The number of aliphatic hydroxyl groups is 1. The van der Waals surface area contributed by atoms with Crippen molar-refractivity contribution in [1.29, 1.82) is 0 Å². The molecule has 2 heterocycles. The van der Waals surface area contributed by atoms with Gasteiger partial charge in [-0.2, -0.15) is 0 Å². The summed E-state index contributed by atoms with van der Waals surface area (Å²) in [6.45, 7) is 12.9. The van der Waals surface area contributed by atoms with Crippen molar-refractivity contribution in [3.8, 4) is 0 Å². The third-order valence-electron chi connectivity index (χ3n) is 14.2. The first kappa shape index (κ1) is 28.2. The summed E-state index contributed by atoms with van der Waals surface area (Å²) < 4.78 is 18.4. The maximum atomic E-state index is 12.8. The summed E-state index contributed by atoms with van der Waals surface area (Å²) in [7, 11) is 0. The Labute approximate surface area is 245 Å². The van der Waals surface area contributed by atoms with Crippen LogP contribution < -0.4 is 5.73 Å². The summed E-state index contributed by atoms with van der Waals surface area (Å²) in [5.41, 5.74) is 6.05. The number of nitrogens with two attached hydrogens (primary N) is 1. The molecule has 0 aromatic heterocycles. The van der Waals surface area contributed by atoms with Gasteiger partial charge in [0.1, 0.15) is 12.2 Å². The third kappa shape index (κ3) is 3.77. The average Bonchev–Trinajstić information content (AvgIpc) is 3.49. The van der Waals surface area contributed by atoms with E-state index in [1.54, 1.807) is 0 Å². The third-order valence-corrected chi connectivity index (χ3v) is 14.2. The Kier molecular flexibility index (Phi) is 6.36. The van der Waals surface area contributed by atoms with Gasteiger partial charge in [-0.05, 0) is 110 Å². The number of hydrogen-bond donors (Lipinski definition) is 2. The smallest absolute Gasteiger partial charge is 0.410 e. The number of likely N-dealkylation sites (tertiary alicyclic amines) is 1. The molecule has 3 N–H and O–H groups in total. The molecule has 7 fully saturated rings. The molecular weight excluding hydrogens is 520 g/mol. The Bertz CT molecular complexity index is 1090. The Morgan fingerprint density at radius 1 is 0.976 bits per heavy atom. The van der Waals surface area contributed by atoms with Gasteiger partial charge in [0.2, 0.25) is 0 Å². The number of rotatable bonds is 4. The van der Waals surface area contributed by atoms with Crippen molar-refractivity contribution >= 4 is 12.2 Å². The molecule has 0 aromatic carbocycles. The molecule has 12 atom stereocenters. The van der Waals surface area contributed by atoms with Gasteiger partial charge in [0.25, 0.3) is 0 Å².